The number of ether oxygens (including phenoxy) is 3. The second-order valence-electron chi connectivity index (χ2n) is 3.79. The van der Waals surface area contributed by atoms with Gasteiger partial charge in [0.25, 0.3) is 0 Å². The molecule has 0 saturated heterocycles. The average Bonchev–Trinajstić information content (AvgIpc) is 2.47. The molecule has 5 heteroatoms. The van der Waals surface area contributed by atoms with E-state index in [2.05, 4.69) is 4.98 Å². The molecule has 1 heterocycles. The molecule has 0 atom stereocenters. The number of aromatic nitrogens is 1. The smallest absolute Gasteiger partial charge is 0.136 e. The summed E-state index contributed by atoms with van der Waals surface area (Å²) in [5.41, 5.74) is 0.615. The van der Waals surface area contributed by atoms with E-state index in [1.165, 1.54) is 0 Å². The van der Waals surface area contributed by atoms with Crippen LogP contribution in [0.3, 0.4) is 0 Å². The summed E-state index contributed by atoms with van der Waals surface area (Å²) in [7, 11) is 3.15. The Morgan fingerprint density at radius 1 is 1.05 bits per heavy atom. The lowest BCUT2D eigenvalue weighted by molar-refractivity contribution is 0.276. The highest BCUT2D eigenvalue weighted by atomic mass is 16.5. The van der Waals surface area contributed by atoms with E-state index in [9.17, 15) is 5.11 Å². The van der Waals surface area contributed by atoms with Gasteiger partial charge < -0.3 is 19.3 Å². The highest BCUT2D eigenvalue weighted by Crippen LogP contribution is 2.31. The van der Waals surface area contributed by atoms with E-state index in [0.717, 1.165) is 0 Å². The summed E-state index contributed by atoms with van der Waals surface area (Å²) >= 11 is 0. The van der Waals surface area contributed by atoms with Crippen molar-refractivity contribution in [2.24, 2.45) is 0 Å². The van der Waals surface area contributed by atoms with Crippen LogP contribution in [0.1, 0.15) is 5.56 Å². The molecule has 0 aliphatic heterocycles. The van der Waals surface area contributed by atoms with Crippen LogP contribution in [0, 0.1) is 0 Å². The zero-order valence-electron chi connectivity index (χ0n) is 10.8. The van der Waals surface area contributed by atoms with Crippen LogP contribution in [0.25, 0.3) is 0 Å². The molecule has 0 aliphatic carbocycles. The van der Waals surface area contributed by atoms with Gasteiger partial charge in [-0.15, -0.1) is 0 Å². The number of aliphatic hydroxyl groups excluding tert-OH is 1. The molecule has 0 radical (unpaired) electrons. The van der Waals surface area contributed by atoms with Crippen LogP contribution in [-0.2, 0) is 6.61 Å². The molecule has 1 N–H and O–H groups in total. The first-order chi connectivity index (χ1) is 9.26. The van der Waals surface area contributed by atoms with E-state index in [-0.39, 0.29) is 6.61 Å². The number of hydrogen-bond donors (Lipinski definition) is 1. The molecule has 19 heavy (non-hydrogen) atoms. The van der Waals surface area contributed by atoms with Crippen molar-refractivity contribution in [3.63, 3.8) is 0 Å². The van der Waals surface area contributed by atoms with Crippen molar-refractivity contribution in [1.82, 2.24) is 4.98 Å². The summed E-state index contributed by atoms with van der Waals surface area (Å²) in [6.07, 6.45) is 3.17. The quantitative estimate of drug-likeness (QED) is 0.895. The van der Waals surface area contributed by atoms with Crippen LogP contribution in [0.15, 0.2) is 36.7 Å². The van der Waals surface area contributed by atoms with E-state index < -0.39 is 0 Å². The fourth-order valence-corrected chi connectivity index (χ4v) is 1.60. The van der Waals surface area contributed by atoms with Crippen molar-refractivity contribution in [1.29, 1.82) is 0 Å². The summed E-state index contributed by atoms with van der Waals surface area (Å²) in [4.78, 5) is 3.94. The number of aliphatic hydroxyl groups is 1. The molecule has 2 rings (SSSR count). The van der Waals surface area contributed by atoms with Crippen molar-refractivity contribution in [2.75, 3.05) is 14.2 Å². The number of benzene rings is 1. The second-order valence-corrected chi connectivity index (χ2v) is 3.79. The third-order valence-corrected chi connectivity index (χ3v) is 2.58. The van der Waals surface area contributed by atoms with Crippen LogP contribution in [0.5, 0.6) is 23.0 Å². The highest BCUT2D eigenvalue weighted by Gasteiger charge is 2.07. The van der Waals surface area contributed by atoms with Gasteiger partial charge in [0, 0.05) is 36.2 Å². The maximum Gasteiger partial charge on any atom is 0.136 e. The van der Waals surface area contributed by atoms with Crippen molar-refractivity contribution < 1.29 is 19.3 Å². The standard InChI is InChI=1S/C14H15NO4/c1-17-11-5-12(18-2)7-13(6-11)19-14-3-4-15-8-10(14)9-16/h3-8,16H,9H2,1-2H3. The summed E-state index contributed by atoms with van der Waals surface area (Å²) in [5, 5.41) is 9.23. The van der Waals surface area contributed by atoms with Crippen molar-refractivity contribution in [3.8, 4) is 23.0 Å². The number of hydrogen-bond acceptors (Lipinski definition) is 5. The van der Waals surface area contributed by atoms with Crippen LogP contribution < -0.4 is 14.2 Å². The predicted molar refractivity (Wildman–Crippen MR) is 69.8 cm³/mol. The van der Waals surface area contributed by atoms with E-state index in [1.807, 2.05) is 0 Å². The molecular formula is C14H15NO4. The molecule has 0 amide bonds. The molecule has 2 aromatic rings. The Hall–Kier alpha value is -2.27. The Balaban J connectivity index is 2.32. The highest BCUT2D eigenvalue weighted by molar-refractivity contribution is 5.44. The van der Waals surface area contributed by atoms with Gasteiger partial charge in [-0.3, -0.25) is 4.98 Å². The number of methoxy groups -OCH3 is 2. The molecule has 0 unspecified atom stereocenters. The number of nitrogens with zero attached hydrogens (tertiary/aromatic N) is 1. The average molecular weight is 261 g/mol. The van der Waals surface area contributed by atoms with Crippen molar-refractivity contribution >= 4 is 0 Å². The van der Waals surface area contributed by atoms with Gasteiger partial charge >= 0.3 is 0 Å². The van der Waals surface area contributed by atoms with Gasteiger partial charge in [-0.1, -0.05) is 0 Å². The molecule has 5 nitrogen and oxygen atoms in total. The summed E-state index contributed by atoms with van der Waals surface area (Å²) in [6, 6.07) is 6.93. The Morgan fingerprint density at radius 3 is 2.26 bits per heavy atom. The molecule has 0 saturated carbocycles. The van der Waals surface area contributed by atoms with Crippen LogP contribution in [0.2, 0.25) is 0 Å². The zero-order valence-corrected chi connectivity index (χ0v) is 10.8. The Labute approximate surface area is 111 Å². The van der Waals surface area contributed by atoms with Gasteiger partial charge in [0.1, 0.15) is 23.0 Å². The first kappa shape index (κ1) is 13.2. The minimum atomic E-state index is -0.135. The minimum Gasteiger partial charge on any atom is -0.496 e. The third kappa shape index (κ3) is 3.14. The Morgan fingerprint density at radius 2 is 1.68 bits per heavy atom. The number of rotatable bonds is 5. The molecule has 1 aromatic heterocycles. The third-order valence-electron chi connectivity index (χ3n) is 2.58. The van der Waals surface area contributed by atoms with E-state index in [1.54, 1.807) is 50.9 Å². The summed E-state index contributed by atoms with van der Waals surface area (Å²) < 4.78 is 16.1. The van der Waals surface area contributed by atoms with Crippen LogP contribution >= 0.6 is 0 Å². The first-order valence-electron chi connectivity index (χ1n) is 5.71. The maximum atomic E-state index is 9.23. The first-order valence-corrected chi connectivity index (χ1v) is 5.71. The molecular weight excluding hydrogens is 246 g/mol. The zero-order chi connectivity index (χ0) is 13.7. The summed E-state index contributed by atoms with van der Waals surface area (Å²) in [5.74, 6) is 2.38. The Kier molecular flexibility index (Phi) is 4.20. The normalized spacial score (nSPS) is 10.1. The largest absolute Gasteiger partial charge is 0.496 e. The monoisotopic (exact) mass is 261 g/mol. The van der Waals surface area contributed by atoms with Crippen LogP contribution in [0.4, 0.5) is 0 Å². The van der Waals surface area contributed by atoms with Gasteiger partial charge in [-0.2, -0.15) is 0 Å². The van der Waals surface area contributed by atoms with E-state index >= 15 is 0 Å². The topological polar surface area (TPSA) is 60.8 Å². The fraction of sp³-hybridized carbons (Fsp3) is 0.214. The molecule has 1 aromatic carbocycles. The van der Waals surface area contributed by atoms with Gasteiger partial charge in [-0.05, 0) is 6.07 Å². The molecule has 0 spiro atoms. The van der Waals surface area contributed by atoms with Crippen molar-refractivity contribution in [3.05, 3.63) is 42.2 Å². The SMILES string of the molecule is COc1cc(OC)cc(Oc2ccncc2CO)c1. The van der Waals surface area contributed by atoms with Gasteiger partial charge in [0.05, 0.1) is 20.8 Å². The maximum absolute atomic E-state index is 9.23. The number of pyridine rings is 1. The van der Waals surface area contributed by atoms with Crippen LogP contribution in [-0.4, -0.2) is 24.3 Å². The van der Waals surface area contributed by atoms with Gasteiger partial charge in [-0.25, -0.2) is 0 Å². The fourth-order valence-electron chi connectivity index (χ4n) is 1.60. The van der Waals surface area contributed by atoms with E-state index in [4.69, 9.17) is 14.2 Å². The molecule has 0 fully saturated rings. The molecule has 0 bridgehead atoms. The predicted octanol–water partition coefficient (Wildman–Crippen LogP) is 2.38. The van der Waals surface area contributed by atoms with Crippen molar-refractivity contribution in [2.45, 2.75) is 6.61 Å². The van der Waals surface area contributed by atoms with Gasteiger partial charge in [0.2, 0.25) is 0 Å². The lowest BCUT2D eigenvalue weighted by atomic mass is 10.2. The lowest BCUT2D eigenvalue weighted by Crippen LogP contribution is -1.94. The lowest BCUT2D eigenvalue weighted by Gasteiger charge is -2.11. The summed E-state index contributed by atoms with van der Waals surface area (Å²) in [6.45, 7) is -0.135. The minimum absolute atomic E-state index is 0.135. The van der Waals surface area contributed by atoms with Gasteiger partial charge in [0.15, 0.2) is 0 Å². The molecule has 100 valence electrons. The second kappa shape index (κ2) is 6.06. The van der Waals surface area contributed by atoms with E-state index in [0.29, 0.717) is 28.6 Å². The molecule has 0 aliphatic rings. The Bertz CT molecular complexity index is 535.